The van der Waals surface area contributed by atoms with E-state index in [1.165, 1.54) is 0 Å². The topological polar surface area (TPSA) is 81.4 Å². The van der Waals surface area contributed by atoms with Crippen molar-refractivity contribution in [2.75, 3.05) is 0 Å². The quantitative estimate of drug-likeness (QED) is 0.716. The third kappa shape index (κ3) is 5.58. The summed E-state index contributed by atoms with van der Waals surface area (Å²) in [6.07, 6.45) is 0.754. The normalized spacial score (nSPS) is 15.1. The molecule has 0 saturated carbocycles. The molecule has 2 amide bonds. The fourth-order valence-corrected chi connectivity index (χ4v) is 1.19. The van der Waals surface area contributed by atoms with Gasteiger partial charge in [0.2, 0.25) is 0 Å². The lowest BCUT2D eigenvalue weighted by Gasteiger charge is -2.27. The number of nitrogens with two attached hydrogens (primary N) is 1. The van der Waals surface area contributed by atoms with E-state index in [1.54, 1.807) is 20.8 Å². The number of nitrogens with one attached hydrogen (secondary N) is 1. The van der Waals surface area contributed by atoms with Crippen LogP contribution in [0.1, 0.15) is 41.0 Å². The van der Waals surface area contributed by atoms with Crippen molar-refractivity contribution in [3.63, 3.8) is 0 Å². The van der Waals surface area contributed by atoms with Crippen molar-refractivity contribution < 1.29 is 14.3 Å². The molecule has 0 saturated heterocycles. The smallest absolute Gasteiger partial charge is 0.329 e. The van der Waals surface area contributed by atoms with E-state index >= 15 is 0 Å². The molecule has 94 valence electrons. The van der Waals surface area contributed by atoms with E-state index in [4.69, 9.17) is 10.5 Å². The predicted octanol–water partition coefficient (Wildman–Crippen LogP) is 1.41. The number of esters is 1. The zero-order chi connectivity index (χ0) is 12.9. The molecule has 0 aromatic heterocycles. The molecule has 0 aromatic carbocycles. The van der Waals surface area contributed by atoms with Gasteiger partial charge in [-0.25, -0.2) is 9.59 Å². The average molecular weight is 230 g/mol. The fourth-order valence-electron chi connectivity index (χ4n) is 1.19. The summed E-state index contributed by atoms with van der Waals surface area (Å²) in [5.74, 6) is -0.456. The number of carbonyl (C=O) groups excluding carboxylic acids is 2. The second kappa shape index (κ2) is 5.72. The highest BCUT2D eigenvalue weighted by atomic mass is 16.6. The van der Waals surface area contributed by atoms with E-state index in [1.807, 2.05) is 13.8 Å². The predicted molar refractivity (Wildman–Crippen MR) is 61.8 cm³/mol. The lowest BCUT2D eigenvalue weighted by atomic mass is 9.99. The van der Waals surface area contributed by atoms with Crippen LogP contribution < -0.4 is 11.1 Å². The molecule has 0 fully saturated rings. The summed E-state index contributed by atoms with van der Waals surface area (Å²) >= 11 is 0. The Morgan fingerprint density at radius 2 is 1.88 bits per heavy atom. The maximum Gasteiger partial charge on any atom is 0.329 e. The first-order valence-electron chi connectivity index (χ1n) is 5.46. The van der Waals surface area contributed by atoms with E-state index in [0.717, 1.165) is 6.42 Å². The Bertz CT molecular complexity index is 258. The molecule has 0 unspecified atom stereocenters. The van der Waals surface area contributed by atoms with E-state index in [9.17, 15) is 9.59 Å². The summed E-state index contributed by atoms with van der Waals surface area (Å²) in [7, 11) is 0. The number of rotatable bonds is 4. The molecule has 3 N–H and O–H groups in total. The van der Waals surface area contributed by atoms with Gasteiger partial charge in [0.25, 0.3) is 0 Å². The number of ether oxygens (including phenoxy) is 1. The Kier molecular flexibility index (Phi) is 5.27. The van der Waals surface area contributed by atoms with Crippen LogP contribution in [-0.4, -0.2) is 23.6 Å². The van der Waals surface area contributed by atoms with Crippen LogP contribution in [0.25, 0.3) is 0 Å². The Morgan fingerprint density at radius 1 is 1.38 bits per heavy atom. The van der Waals surface area contributed by atoms with Crippen LogP contribution in [0.5, 0.6) is 0 Å². The number of hydrogen-bond donors (Lipinski definition) is 2. The largest absolute Gasteiger partial charge is 0.458 e. The second-order valence-corrected chi connectivity index (χ2v) is 4.91. The van der Waals surface area contributed by atoms with Crippen LogP contribution in [0, 0.1) is 5.92 Å². The molecule has 0 rings (SSSR count). The van der Waals surface area contributed by atoms with Crippen molar-refractivity contribution >= 4 is 12.0 Å². The van der Waals surface area contributed by atoms with Crippen molar-refractivity contribution in [2.24, 2.45) is 11.7 Å². The molecule has 0 heterocycles. The Hall–Kier alpha value is -1.26. The van der Waals surface area contributed by atoms with Crippen LogP contribution in [-0.2, 0) is 9.53 Å². The first kappa shape index (κ1) is 14.7. The minimum Gasteiger partial charge on any atom is -0.458 e. The number of primary amides is 1. The van der Waals surface area contributed by atoms with Crippen LogP contribution in [0.3, 0.4) is 0 Å². The maximum atomic E-state index is 11.8. The summed E-state index contributed by atoms with van der Waals surface area (Å²) in [5, 5.41) is 2.42. The SMILES string of the molecule is CC[C@H](C)[C@H](NC(N)=O)C(=O)OC(C)(C)C. The van der Waals surface area contributed by atoms with E-state index < -0.39 is 23.6 Å². The van der Waals surface area contributed by atoms with Crippen molar-refractivity contribution in [1.29, 1.82) is 0 Å². The van der Waals surface area contributed by atoms with Gasteiger partial charge in [0.15, 0.2) is 0 Å². The van der Waals surface area contributed by atoms with Gasteiger partial charge >= 0.3 is 12.0 Å². The molecule has 0 aliphatic heterocycles. The summed E-state index contributed by atoms with van der Waals surface area (Å²) in [5.41, 5.74) is 4.46. The minimum atomic E-state index is -0.712. The second-order valence-electron chi connectivity index (χ2n) is 4.91. The molecule has 16 heavy (non-hydrogen) atoms. The molecular weight excluding hydrogens is 208 g/mol. The molecule has 2 atom stereocenters. The van der Waals surface area contributed by atoms with E-state index in [2.05, 4.69) is 5.32 Å². The molecule has 5 heteroatoms. The highest BCUT2D eigenvalue weighted by molar-refractivity contribution is 5.83. The molecule has 5 nitrogen and oxygen atoms in total. The fraction of sp³-hybridized carbons (Fsp3) is 0.818. The summed E-state index contributed by atoms with van der Waals surface area (Å²) in [6, 6.07) is -1.39. The van der Waals surface area contributed by atoms with Crippen LogP contribution in [0.15, 0.2) is 0 Å². The lowest BCUT2D eigenvalue weighted by molar-refractivity contribution is -0.158. The first-order chi connectivity index (χ1) is 7.17. The summed E-state index contributed by atoms with van der Waals surface area (Å²) < 4.78 is 5.21. The van der Waals surface area contributed by atoms with E-state index in [0.29, 0.717) is 0 Å². The number of hydrogen-bond acceptors (Lipinski definition) is 3. The first-order valence-corrected chi connectivity index (χ1v) is 5.46. The van der Waals surface area contributed by atoms with Crippen molar-refractivity contribution in [3.05, 3.63) is 0 Å². The minimum absolute atomic E-state index is 0.0117. The van der Waals surface area contributed by atoms with Crippen molar-refractivity contribution in [2.45, 2.75) is 52.7 Å². The maximum absolute atomic E-state index is 11.8. The zero-order valence-electron chi connectivity index (χ0n) is 10.7. The molecule has 0 spiro atoms. The number of amides is 2. The van der Waals surface area contributed by atoms with Gasteiger partial charge in [-0.15, -0.1) is 0 Å². The van der Waals surface area contributed by atoms with Gasteiger partial charge in [-0.05, 0) is 26.7 Å². The van der Waals surface area contributed by atoms with Gasteiger partial charge in [0.05, 0.1) is 0 Å². The standard InChI is InChI=1S/C11H22N2O3/c1-6-7(2)8(13-10(12)15)9(14)16-11(3,4)5/h7-8H,6H2,1-5H3,(H3,12,13,15)/t7-,8-/m0/s1. The number of urea groups is 1. The Morgan fingerprint density at radius 3 is 2.19 bits per heavy atom. The van der Waals surface area contributed by atoms with Gasteiger partial charge in [-0.1, -0.05) is 20.3 Å². The molecule has 0 aliphatic carbocycles. The third-order valence-corrected chi connectivity index (χ3v) is 2.17. The van der Waals surface area contributed by atoms with Gasteiger partial charge in [-0.3, -0.25) is 0 Å². The zero-order valence-corrected chi connectivity index (χ0v) is 10.7. The molecular formula is C11H22N2O3. The Labute approximate surface area is 96.7 Å². The Balaban J connectivity index is 4.63. The summed E-state index contributed by atoms with van der Waals surface area (Å²) in [6.45, 7) is 9.14. The van der Waals surface area contributed by atoms with Crippen molar-refractivity contribution in [1.82, 2.24) is 5.32 Å². The average Bonchev–Trinajstić information content (AvgIpc) is 2.09. The summed E-state index contributed by atoms with van der Waals surface area (Å²) in [4.78, 5) is 22.6. The van der Waals surface area contributed by atoms with Crippen LogP contribution in [0.2, 0.25) is 0 Å². The third-order valence-electron chi connectivity index (χ3n) is 2.17. The molecule has 0 aliphatic rings. The van der Waals surface area contributed by atoms with Crippen molar-refractivity contribution in [3.8, 4) is 0 Å². The van der Waals surface area contributed by atoms with E-state index in [-0.39, 0.29) is 5.92 Å². The van der Waals surface area contributed by atoms with Gasteiger partial charge < -0.3 is 15.8 Å². The van der Waals surface area contributed by atoms with Crippen LogP contribution in [0.4, 0.5) is 4.79 Å². The van der Waals surface area contributed by atoms with Crippen LogP contribution >= 0.6 is 0 Å². The molecule has 0 bridgehead atoms. The molecule has 0 aromatic rings. The highest BCUT2D eigenvalue weighted by Gasteiger charge is 2.29. The van der Waals surface area contributed by atoms with Gasteiger partial charge in [0, 0.05) is 0 Å². The van der Waals surface area contributed by atoms with Gasteiger partial charge in [-0.2, -0.15) is 0 Å². The monoisotopic (exact) mass is 230 g/mol. The van der Waals surface area contributed by atoms with Gasteiger partial charge in [0.1, 0.15) is 11.6 Å². The lowest BCUT2D eigenvalue weighted by Crippen LogP contribution is -2.49. The number of carbonyl (C=O) groups is 2. The highest BCUT2D eigenvalue weighted by Crippen LogP contribution is 2.14. The molecule has 0 radical (unpaired) electrons.